The Morgan fingerprint density at radius 3 is 2.79 bits per heavy atom. The number of nitrogens with one attached hydrogen (secondary N) is 2. The number of anilines is 1. The summed E-state index contributed by atoms with van der Waals surface area (Å²) >= 11 is 0. The highest BCUT2D eigenvalue weighted by Gasteiger charge is 2.26. The first-order valence-electron chi connectivity index (χ1n) is 4.68. The van der Waals surface area contributed by atoms with Crippen molar-refractivity contribution in [3.05, 3.63) is 28.8 Å². The molecule has 72 valence electrons. The quantitative estimate of drug-likeness (QED) is 0.694. The van der Waals surface area contributed by atoms with Crippen molar-refractivity contribution < 1.29 is 4.79 Å². The number of benzene rings is 1. The van der Waals surface area contributed by atoms with Crippen molar-refractivity contribution in [1.29, 1.82) is 5.41 Å². The molecule has 0 fully saturated rings. The Morgan fingerprint density at radius 1 is 1.43 bits per heavy atom. The van der Waals surface area contributed by atoms with Crippen LogP contribution in [0.5, 0.6) is 0 Å². The summed E-state index contributed by atoms with van der Waals surface area (Å²) < 4.78 is 0. The van der Waals surface area contributed by atoms with Gasteiger partial charge in [0.15, 0.2) is 0 Å². The summed E-state index contributed by atoms with van der Waals surface area (Å²) in [7, 11) is 0. The van der Waals surface area contributed by atoms with E-state index in [1.807, 2.05) is 19.1 Å². The second-order valence-electron chi connectivity index (χ2n) is 3.47. The zero-order valence-corrected chi connectivity index (χ0v) is 8.27. The molecule has 1 aromatic carbocycles. The predicted molar refractivity (Wildman–Crippen MR) is 56.0 cm³/mol. The van der Waals surface area contributed by atoms with Crippen LogP contribution in [0.3, 0.4) is 0 Å². The van der Waals surface area contributed by atoms with Crippen LogP contribution in [0, 0.1) is 12.3 Å². The minimum atomic E-state index is -0.291. The van der Waals surface area contributed by atoms with Crippen LogP contribution in [-0.4, -0.2) is 11.6 Å². The molecule has 2 N–H and O–H groups in total. The molecular formula is C11H12N2O. The highest BCUT2D eigenvalue weighted by atomic mass is 16.2. The van der Waals surface area contributed by atoms with E-state index in [1.165, 1.54) is 5.56 Å². The maximum atomic E-state index is 11.3. The van der Waals surface area contributed by atoms with E-state index in [1.54, 1.807) is 0 Å². The van der Waals surface area contributed by atoms with E-state index >= 15 is 0 Å². The summed E-state index contributed by atoms with van der Waals surface area (Å²) in [5.41, 5.74) is 3.95. The fourth-order valence-corrected chi connectivity index (χ4v) is 1.86. The van der Waals surface area contributed by atoms with Gasteiger partial charge in [-0.1, -0.05) is 19.1 Å². The maximum Gasteiger partial charge on any atom is 0.274 e. The van der Waals surface area contributed by atoms with Gasteiger partial charge >= 0.3 is 0 Å². The van der Waals surface area contributed by atoms with E-state index in [-0.39, 0.29) is 11.6 Å². The summed E-state index contributed by atoms with van der Waals surface area (Å²) in [4.78, 5) is 11.3. The lowest BCUT2D eigenvalue weighted by Gasteiger charge is -2.08. The van der Waals surface area contributed by atoms with Crippen LogP contribution in [0.4, 0.5) is 5.69 Å². The first kappa shape index (κ1) is 8.94. The van der Waals surface area contributed by atoms with Crippen LogP contribution in [-0.2, 0) is 11.2 Å². The number of amides is 1. The average Bonchev–Trinajstić information content (AvgIpc) is 2.43. The van der Waals surface area contributed by atoms with Gasteiger partial charge in [-0.15, -0.1) is 0 Å². The molecule has 14 heavy (non-hydrogen) atoms. The van der Waals surface area contributed by atoms with Crippen LogP contribution in [0.15, 0.2) is 12.1 Å². The smallest absolute Gasteiger partial charge is 0.274 e. The van der Waals surface area contributed by atoms with Crippen molar-refractivity contribution in [3.8, 4) is 0 Å². The molecule has 0 saturated heterocycles. The molecule has 0 saturated carbocycles. The summed E-state index contributed by atoms with van der Waals surface area (Å²) in [6.45, 7) is 4.07. The summed E-state index contributed by atoms with van der Waals surface area (Å²) in [6.07, 6.45) is 0.878. The summed E-state index contributed by atoms with van der Waals surface area (Å²) in [5.74, 6) is -0.291. The van der Waals surface area contributed by atoms with Crippen LogP contribution in [0.2, 0.25) is 0 Å². The van der Waals surface area contributed by atoms with Gasteiger partial charge in [0.25, 0.3) is 5.91 Å². The Balaban J connectivity index is 2.67. The fraction of sp³-hybridized carbons (Fsp3) is 0.273. The minimum absolute atomic E-state index is 0.0784. The Hall–Kier alpha value is -1.64. The van der Waals surface area contributed by atoms with Gasteiger partial charge in [0.1, 0.15) is 5.71 Å². The monoisotopic (exact) mass is 188 g/mol. The lowest BCUT2D eigenvalue weighted by molar-refractivity contribution is -0.110. The van der Waals surface area contributed by atoms with Gasteiger partial charge in [-0.25, -0.2) is 0 Å². The molecule has 3 nitrogen and oxygen atoms in total. The Labute approximate surface area is 82.6 Å². The molecule has 1 aliphatic heterocycles. The third kappa shape index (κ3) is 1.05. The van der Waals surface area contributed by atoms with Crippen molar-refractivity contribution in [1.82, 2.24) is 0 Å². The van der Waals surface area contributed by atoms with Gasteiger partial charge in [0, 0.05) is 5.56 Å². The largest absolute Gasteiger partial charge is 0.320 e. The minimum Gasteiger partial charge on any atom is -0.320 e. The number of fused-ring (bicyclic) bond motifs is 1. The van der Waals surface area contributed by atoms with Gasteiger partial charge in [0.05, 0.1) is 5.69 Å². The van der Waals surface area contributed by atoms with E-state index < -0.39 is 0 Å². The molecular weight excluding hydrogens is 176 g/mol. The SMILES string of the molecule is CCc1c(C)ccc2c1NC(=O)C2=N. The van der Waals surface area contributed by atoms with Crippen LogP contribution in [0.25, 0.3) is 0 Å². The van der Waals surface area contributed by atoms with Gasteiger partial charge < -0.3 is 5.32 Å². The maximum absolute atomic E-state index is 11.3. The third-order valence-corrected chi connectivity index (χ3v) is 2.64. The predicted octanol–water partition coefficient (Wildman–Crippen LogP) is 1.88. The fourth-order valence-electron chi connectivity index (χ4n) is 1.86. The van der Waals surface area contributed by atoms with Crippen molar-refractivity contribution in [3.63, 3.8) is 0 Å². The van der Waals surface area contributed by atoms with Crippen LogP contribution in [0.1, 0.15) is 23.6 Å². The van der Waals surface area contributed by atoms with Crippen molar-refractivity contribution in [2.45, 2.75) is 20.3 Å². The average molecular weight is 188 g/mol. The first-order chi connectivity index (χ1) is 6.65. The standard InChI is InChI=1S/C11H12N2O/c1-3-7-6(2)4-5-8-9(12)11(14)13-10(7)8/h4-5H,3H2,1-2H3,(H2,12,13,14). The molecule has 0 atom stereocenters. The Bertz CT molecular complexity index is 435. The van der Waals surface area contributed by atoms with E-state index in [0.717, 1.165) is 23.2 Å². The Morgan fingerprint density at radius 2 is 2.14 bits per heavy atom. The van der Waals surface area contributed by atoms with Gasteiger partial charge in [-0.3, -0.25) is 10.2 Å². The van der Waals surface area contributed by atoms with E-state index in [4.69, 9.17) is 5.41 Å². The molecule has 0 spiro atoms. The van der Waals surface area contributed by atoms with Gasteiger partial charge in [-0.05, 0) is 24.5 Å². The highest BCUT2D eigenvalue weighted by Crippen LogP contribution is 2.29. The second-order valence-corrected chi connectivity index (χ2v) is 3.47. The van der Waals surface area contributed by atoms with Crippen LogP contribution >= 0.6 is 0 Å². The number of rotatable bonds is 1. The summed E-state index contributed by atoms with van der Waals surface area (Å²) in [6, 6.07) is 3.80. The Kier molecular flexibility index (Phi) is 1.88. The molecule has 0 unspecified atom stereocenters. The van der Waals surface area contributed by atoms with E-state index in [2.05, 4.69) is 12.2 Å². The van der Waals surface area contributed by atoms with E-state index in [9.17, 15) is 4.79 Å². The number of carbonyl (C=O) groups is 1. The van der Waals surface area contributed by atoms with Gasteiger partial charge in [-0.2, -0.15) is 0 Å². The summed E-state index contributed by atoms with van der Waals surface area (Å²) in [5, 5.41) is 10.3. The molecule has 3 heteroatoms. The molecule has 0 bridgehead atoms. The number of carbonyl (C=O) groups excluding carboxylic acids is 1. The molecule has 0 aliphatic carbocycles. The normalized spacial score (nSPS) is 14.1. The lowest BCUT2D eigenvalue weighted by atomic mass is 10.00. The van der Waals surface area contributed by atoms with Gasteiger partial charge in [0.2, 0.25) is 0 Å². The van der Waals surface area contributed by atoms with Crippen molar-refractivity contribution >= 4 is 17.3 Å². The molecule has 2 rings (SSSR count). The topological polar surface area (TPSA) is 53.0 Å². The number of aryl methyl sites for hydroxylation is 1. The zero-order valence-electron chi connectivity index (χ0n) is 8.27. The molecule has 0 radical (unpaired) electrons. The highest BCUT2D eigenvalue weighted by molar-refractivity contribution is 6.52. The van der Waals surface area contributed by atoms with E-state index in [0.29, 0.717) is 0 Å². The lowest BCUT2D eigenvalue weighted by Crippen LogP contribution is -2.12. The molecule has 1 heterocycles. The molecule has 1 amide bonds. The number of hydrogen-bond acceptors (Lipinski definition) is 2. The molecule has 0 aromatic heterocycles. The second kappa shape index (κ2) is 2.94. The van der Waals surface area contributed by atoms with Crippen molar-refractivity contribution in [2.75, 3.05) is 5.32 Å². The molecule has 1 aromatic rings. The first-order valence-corrected chi connectivity index (χ1v) is 4.68. The third-order valence-electron chi connectivity index (χ3n) is 2.64. The number of hydrogen-bond donors (Lipinski definition) is 2. The molecule has 1 aliphatic rings. The zero-order chi connectivity index (χ0) is 10.3. The van der Waals surface area contributed by atoms with Crippen molar-refractivity contribution in [2.24, 2.45) is 0 Å². The van der Waals surface area contributed by atoms with Crippen LogP contribution < -0.4 is 5.32 Å².